The molecule has 5 rings (SSSR count). The van der Waals surface area contributed by atoms with E-state index in [9.17, 15) is 18.0 Å². The second-order valence-corrected chi connectivity index (χ2v) is 11.6. The molecule has 2 heterocycles. The van der Waals surface area contributed by atoms with Crippen molar-refractivity contribution in [1.29, 1.82) is 0 Å². The van der Waals surface area contributed by atoms with Gasteiger partial charge < -0.3 is 14.5 Å². The van der Waals surface area contributed by atoms with Crippen LogP contribution in [-0.2, 0) is 14.8 Å². The highest BCUT2D eigenvalue weighted by molar-refractivity contribution is 7.92. The highest BCUT2D eigenvalue weighted by atomic mass is 32.2. The van der Waals surface area contributed by atoms with Crippen LogP contribution in [0, 0.1) is 18.8 Å². The fourth-order valence-electron chi connectivity index (χ4n) is 4.66. The van der Waals surface area contributed by atoms with E-state index in [1.165, 1.54) is 10.6 Å². The SMILES string of the molecule is CNC(=O)c1c(-c2ccc(C)cc2)oc2nc(N(CC[C@@H]3C[C@H]3C=O)S(C)(=O)=O)c(C3CC3)cc12. The first kappa shape index (κ1) is 23.5. The largest absolute Gasteiger partial charge is 0.437 e. The monoisotopic (exact) mass is 495 g/mol. The molecule has 3 aromatic rings. The lowest BCUT2D eigenvalue weighted by Gasteiger charge is -2.24. The number of carbonyl (C=O) groups is 2. The molecule has 184 valence electrons. The Morgan fingerprint density at radius 1 is 1.26 bits per heavy atom. The molecule has 2 atom stereocenters. The van der Waals surface area contributed by atoms with Gasteiger partial charge in [0, 0.05) is 25.1 Å². The Kier molecular flexibility index (Phi) is 5.91. The summed E-state index contributed by atoms with van der Waals surface area (Å²) in [4.78, 5) is 28.7. The van der Waals surface area contributed by atoms with Crippen molar-refractivity contribution in [1.82, 2.24) is 10.3 Å². The quantitative estimate of drug-likeness (QED) is 0.449. The topological polar surface area (TPSA) is 110 Å². The summed E-state index contributed by atoms with van der Waals surface area (Å²) < 4.78 is 33.2. The molecule has 1 amide bonds. The number of nitrogens with zero attached hydrogens (tertiary/aromatic N) is 2. The van der Waals surface area contributed by atoms with Gasteiger partial charge in [0.2, 0.25) is 15.7 Å². The molecule has 1 N–H and O–H groups in total. The van der Waals surface area contributed by atoms with E-state index in [-0.39, 0.29) is 35.9 Å². The van der Waals surface area contributed by atoms with E-state index >= 15 is 0 Å². The number of sulfonamides is 1. The minimum atomic E-state index is -3.63. The van der Waals surface area contributed by atoms with E-state index in [1.807, 2.05) is 37.3 Å². The Bertz CT molecular complexity index is 1410. The van der Waals surface area contributed by atoms with Gasteiger partial charge in [-0.2, -0.15) is 4.98 Å². The van der Waals surface area contributed by atoms with Gasteiger partial charge in [-0.15, -0.1) is 0 Å². The smallest absolute Gasteiger partial charge is 0.255 e. The number of furan rings is 1. The number of aldehydes is 1. The summed E-state index contributed by atoms with van der Waals surface area (Å²) in [5.41, 5.74) is 3.26. The van der Waals surface area contributed by atoms with Gasteiger partial charge in [-0.05, 0) is 56.1 Å². The van der Waals surface area contributed by atoms with Crippen LogP contribution >= 0.6 is 0 Å². The Balaban J connectivity index is 1.65. The summed E-state index contributed by atoms with van der Waals surface area (Å²) in [6.07, 6.45) is 5.39. The maximum absolute atomic E-state index is 12.9. The van der Waals surface area contributed by atoms with Crippen molar-refractivity contribution in [3.63, 3.8) is 0 Å². The predicted molar refractivity (Wildman–Crippen MR) is 134 cm³/mol. The Labute approximate surface area is 204 Å². The van der Waals surface area contributed by atoms with Crippen molar-refractivity contribution >= 4 is 39.1 Å². The van der Waals surface area contributed by atoms with E-state index in [0.717, 1.165) is 42.2 Å². The average molecular weight is 496 g/mol. The maximum Gasteiger partial charge on any atom is 0.255 e. The third-order valence-corrected chi connectivity index (χ3v) is 8.12. The fraction of sp³-hybridized carbons (Fsp3) is 0.423. The Morgan fingerprint density at radius 2 is 1.97 bits per heavy atom. The van der Waals surface area contributed by atoms with Gasteiger partial charge in [-0.25, -0.2) is 8.42 Å². The van der Waals surface area contributed by atoms with Gasteiger partial charge >= 0.3 is 0 Å². The zero-order valence-corrected chi connectivity index (χ0v) is 20.9. The molecule has 2 fully saturated rings. The van der Waals surface area contributed by atoms with Crippen LogP contribution in [-0.4, -0.2) is 45.4 Å². The summed E-state index contributed by atoms with van der Waals surface area (Å²) in [7, 11) is -2.06. The number of hydrogen-bond donors (Lipinski definition) is 1. The molecule has 0 unspecified atom stereocenters. The predicted octanol–water partition coefficient (Wildman–Crippen LogP) is 4.03. The van der Waals surface area contributed by atoms with Crippen LogP contribution in [0.1, 0.15) is 53.1 Å². The molecule has 0 bridgehead atoms. The normalized spacial score (nSPS) is 19.5. The van der Waals surface area contributed by atoms with E-state index in [1.54, 1.807) is 7.05 Å². The van der Waals surface area contributed by atoms with Crippen LogP contribution in [0.5, 0.6) is 0 Å². The molecule has 1 aromatic carbocycles. The van der Waals surface area contributed by atoms with Crippen LogP contribution in [0.25, 0.3) is 22.4 Å². The van der Waals surface area contributed by atoms with Gasteiger partial charge in [0.1, 0.15) is 17.9 Å². The first-order chi connectivity index (χ1) is 16.7. The molecule has 0 spiro atoms. The second kappa shape index (κ2) is 8.78. The number of aryl methyl sites for hydroxylation is 1. The number of carbonyl (C=O) groups excluding carboxylic acids is 2. The van der Waals surface area contributed by atoms with Crippen molar-refractivity contribution in [2.45, 2.75) is 38.5 Å². The van der Waals surface area contributed by atoms with Gasteiger partial charge in [-0.1, -0.05) is 29.8 Å². The van der Waals surface area contributed by atoms with E-state index in [4.69, 9.17) is 9.40 Å². The summed E-state index contributed by atoms with van der Waals surface area (Å²) in [6, 6.07) is 9.56. The van der Waals surface area contributed by atoms with Crippen LogP contribution in [0.3, 0.4) is 0 Å². The Hall–Kier alpha value is -3.20. The number of nitrogens with one attached hydrogen (secondary N) is 1. The highest BCUT2D eigenvalue weighted by Gasteiger charge is 2.39. The van der Waals surface area contributed by atoms with E-state index in [2.05, 4.69) is 5.32 Å². The highest BCUT2D eigenvalue weighted by Crippen LogP contribution is 2.47. The molecule has 8 nitrogen and oxygen atoms in total. The molecular weight excluding hydrogens is 466 g/mol. The lowest BCUT2D eigenvalue weighted by atomic mass is 10.0. The van der Waals surface area contributed by atoms with Crippen LogP contribution in [0.2, 0.25) is 0 Å². The molecule has 2 aliphatic rings. The van der Waals surface area contributed by atoms with Gasteiger partial charge in [0.15, 0.2) is 0 Å². The number of rotatable bonds is 9. The third kappa shape index (κ3) is 4.57. The summed E-state index contributed by atoms with van der Waals surface area (Å²) in [6.45, 7) is 2.23. The minimum absolute atomic E-state index is 0.0204. The molecule has 2 aliphatic carbocycles. The van der Waals surface area contributed by atoms with Crippen molar-refractivity contribution in [2.75, 3.05) is 24.2 Å². The zero-order chi connectivity index (χ0) is 24.9. The van der Waals surface area contributed by atoms with Gasteiger partial charge in [0.25, 0.3) is 5.91 Å². The summed E-state index contributed by atoms with van der Waals surface area (Å²) in [5, 5.41) is 3.27. The number of fused-ring (bicyclic) bond motifs is 1. The molecule has 0 radical (unpaired) electrons. The van der Waals surface area contributed by atoms with Crippen molar-refractivity contribution < 1.29 is 22.4 Å². The van der Waals surface area contributed by atoms with Gasteiger partial charge in [0.05, 0.1) is 17.2 Å². The first-order valence-electron chi connectivity index (χ1n) is 11.9. The van der Waals surface area contributed by atoms with Crippen LogP contribution in [0.15, 0.2) is 34.7 Å². The number of benzene rings is 1. The maximum atomic E-state index is 12.9. The van der Waals surface area contributed by atoms with E-state index < -0.39 is 10.0 Å². The molecule has 2 aromatic heterocycles. The molecule has 0 aliphatic heterocycles. The lowest BCUT2D eigenvalue weighted by Crippen LogP contribution is -2.33. The standard InChI is InChI=1S/C26H29N3O5S/c1-15-4-6-17(7-5-15)23-22(25(31)27-2)21-13-20(16-8-9-16)24(28-26(21)34-23)29(35(3,32)33)11-10-18-12-19(18)14-30/h4-7,13-14,16,18-19H,8-12H2,1-3H3,(H,27,31)/t18-,19+/m1/s1. The van der Waals surface area contributed by atoms with Crippen molar-refractivity contribution in [3.05, 3.63) is 47.0 Å². The summed E-state index contributed by atoms with van der Waals surface area (Å²) >= 11 is 0. The molecule has 2 saturated carbocycles. The number of hydrogen-bond acceptors (Lipinski definition) is 6. The molecule has 9 heteroatoms. The Morgan fingerprint density at radius 3 is 2.54 bits per heavy atom. The number of aromatic nitrogens is 1. The second-order valence-electron chi connectivity index (χ2n) is 9.70. The first-order valence-corrected chi connectivity index (χ1v) is 13.8. The van der Waals surface area contributed by atoms with Crippen LogP contribution in [0.4, 0.5) is 5.82 Å². The zero-order valence-electron chi connectivity index (χ0n) is 20.1. The van der Waals surface area contributed by atoms with Gasteiger partial charge in [-0.3, -0.25) is 9.10 Å². The third-order valence-electron chi connectivity index (χ3n) is 6.97. The molecule has 35 heavy (non-hydrogen) atoms. The van der Waals surface area contributed by atoms with Crippen molar-refractivity contribution in [3.8, 4) is 11.3 Å². The molecular formula is C26H29N3O5S. The lowest BCUT2D eigenvalue weighted by molar-refractivity contribution is -0.109. The number of anilines is 1. The van der Waals surface area contributed by atoms with E-state index in [0.29, 0.717) is 28.9 Å². The van der Waals surface area contributed by atoms with Crippen molar-refractivity contribution in [2.24, 2.45) is 11.8 Å². The summed E-state index contributed by atoms with van der Waals surface area (Å²) in [5.74, 6) is 0.893. The average Bonchev–Trinajstić information content (AvgIpc) is 3.75. The minimum Gasteiger partial charge on any atom is -0.437 e. The molecule has 0 saturated heterocycles. The number of amides is 1. The van der Waals surface area contributed by atoms with Crippen LogP contribution < -0.4 is 9.62 Å². The fourth-order valence-corrected chi connectivity index (χ4v) is 5.56. The number of pyridine rings is 1.